The van der Waals surface area contributed by atoms with Crippen LogP contribution in [0.1, 0.15) is 38.7 Å². The topological polar surface area (TPSA) is 26.3 Å². The van der Waals surface area contributed by atoms with E-state index in [0.29, 0.717) is 6.61 Å². The molecule has 0 aliphatic carbocycles. The maximum Gasteiger partial charge on any atom is 0.308 e. The molecule has 0 aromatic heterocycles. The highest BCUT2D eigenvalue weighted by molar-refractivity contribution is 5.71. The second-order valence-corrected chi connectivity index (χ2v) is 4.14. The summed E-state index contributed by atoms with van der Waals surface area (Å²) in [6.07, 6.45) is 3.13. The van der Waals surface area contributed by atoms with Gasteiger partial charge in [-0.15, -0.1) is 0 Å². The molecule has 0 radical (unpaired) electrons. The maximum absolute atomic E-state index is 11.6. The van der Waals surface area contributed by atoms with Gasteiger partial charge in [0, 0.05) is 0 Å². The summed E-state index contributed by atoms with van der Waals surface area (Å²) < 4.78 is 5.25. The van der Waals surface area contributed by atoms with E-state index in [1.807, 2.05) is 37.3 Å². The third kappa shape index (κ3) is 4.47. The van der Waals surface area contributed by atoms with E-state index in [1.54, 1.807) is 0 Å². The zero-order valence-corrected chi connectivity index (χ0v) is 10.1. The molecule has 0 saturated carbocycles. The van der Waals surface area contributed by atoms with Gasteiger partial charge in [-0.3, -0.25) is 4.79 Å². The van der Waals surface area contributed by atoms with Crippen LogP contribution in [-0.4, -0.2) is 5.97 Å². The quantitative estimate of drug-likeness (QED) is 0.685. The van der Waals surface area contributed by atoms with Crippen LogP contribution in [0, 0.1) is 5.92 Å². The standard InChI is InChI=1S/C14H20O2/c1-3-4-8-12(2)14(15)16-11-13-9-6-5-7-10-13/h5-7,9-10,12H,3-4,8,11H2,1-2H3/t12-/m0/s1. The Balaban J connectivity index is 2.29. The molecule has 0 unspecified atom stereocenters. The first-order valence-corrected chi connectivity index (χ1v) is 5.94. The Labute approximate surface area is 97.6 Å². The molecule has 2 nitrogen and oxygen atoms in total. The normalized spacial score (nSPS) is 12.1. The van der Waals surface area contributed by atoms with Crippen molar-refractivity contribution < 1.29 is 9.53 Å². The SMILES string of the molecule is CCCC[C@H](C)C(=O)OCc1ccccc1. The first-order chi connectivity index (χ1) is 7.74. The average molecular weight is 220 g/mol. The molecule has 1 atom stereocenters. The molecular formula is C14H20O2. The molecular weight excluding hydrogens is 200 g/mol. The van der Waals surface area contributed by atoms with Gasteiger partial charge in [0.05, 0.1) is 5.92 Å². The monoisotopic (exact) mass is 220 g/mol. The summed E-state index contributed by atoms with van der Waals surface area (Å²) >= 11 is 0. The molecule has 0 saturated heterocycles. The molecule has 88 valence electrons. The van der Waals surface area contributed by atoms with Gasteiger partial charge >= 0.3 is 5.97 Å². The Morgan fingerprint density at radius 2 is 2.00 bits per heavy atom. The molecule has 0 aliphatic heterocycles. The second-order valence-electron chi connectivity index (χ2n) is 4.14. The lowest BCUT2D eigenvalue weighted by molar-refractivity contribution is -0.149. The molecule has 2 heteroatoms. The molecule has 1 aromatic rings. The Morgan fingerprint density at radius 1 is 1.31 bits per heavy atom. The third-order valence-corrected chi connectivity index (χ3v) is 2.62. The van der Waals surface area contributed by atoms with Crippen LogP contribution in [-0.2, 0) is 16.1 Å². The molecule has 0 fully saturated rings. The summed E-state index contributed by atoms with van der Waals surface area (Å²) in [6.45, 7) is 4.45. The van der Waals surface area contributed by atoms with Crippen LogP contribution in [0.2, 0.25) is 0 Å². The summed E-state index contributed by atoms with van der Waals surface area (Å²) in [5.41, 5.74) is 1.04. The van der Waals surface area contributed by atoms with Crippen molar-refractivity contribution in [2.24, 2.45) is 5.92 Å². The van der Waals surface area contributed by atoms with Gasteiger partial charge in [-0.25, -0.2) is 0 Å². The van der Waals surface area contributed by atoms with Crippen molar-refractivity contribution in [1.82, 2.24) is 0 Å². The van der Waals surface area contributed by atoms with Crippen molar-refractivity contribution in [1.29, 1.82) is 0 Å². The van der Waals surface area contributed by atoms with Crippen molar-refractivity contribution in [3.63, 3.8) is 0 Å². The van der Waals surface area contributed by atoms with E-state index in [4.69, 9.17) is 4.74 Å². The third-order valence-electron chi connectivity index (χ3n) is 2.62. The number of carbonyl (C=O) groups is 1. The summed E-state index contributed by atoms with van der Waals surface area (Å²) in [5, 5.41) is 0. The summed E-state index contributed by atoms with van der Waals surface area (Å²) in [7, 11) is 0. The zero-order valence-electron chi connectivity index (χ0n) is 10.1. The Kier molecular flexibility index (Phi) is 5.62. The molecule has 0 spiro atoms. The fraction of sp³-hybridized carbons (Fsp3) is 0.500. The number of benzene rings is 1. The minimum atomic E-state index is -0.0858. The van der Waals surface area contributed by atoms with Crippen molar-refractivity contribution in [3.8, 4) is 0 Å². The van der Waals surface area contributed by atoms with Crippen LogP contribution < -0.4 is 0 Å². The molecule has 0 amide bonds. The molecule has 0 heterocycles. The highest BCUT2D eigenvalue weighted by Crippen LogP contribution is 2.11. The summed E-state index contributed by atoms with van der Waals surface area (Å²) in [4.78, 5) is 11.6. The lowest BCUT2D eigenvalue weighted by Gasteiger charge is -2.10. The molecule has 16 heavy (non-hydrogen) atoms. The van der Waals surface area contributed by atoms with Crippen LogP contribution in [0.4, 0.5) is 0 Å². The maximum atomic E-state index is 11.6. The van der Waals surface area contributed by atoms with Gasteiger partial charge < -0.3 is 4.74 Å². The Morgan fingerprint density at radius 3 is 2.62 bits per heavy atom. The first-order valence-electron chi connectivity index (χ1n) is 5.94. The number of hydrogen-bond acceptors (Lipinski definition) is 2. The van der Waals surface area contributed by atoms with Crippen molar-refractivity contribution in [3.05, 3.63) is 35.9 Å². The van der Waals surface area contributed by atoms with Crippen LogP contribution >= 0.6 is 0 Å². The molecule has 0 bridgehead atoms. The number of hydrogen-bond donors (Lipinski definition) is 0. The van der Waals surface area contributed by atoms with Gasteiger partial charge in [-0.05, 0) is 12.0 Å². The fourth-order valence-electron chi connectivity index (χ4n) is 1.50. The van der Waals surface area contributed by atoms with E-state index in [9.17, 15) is 4.79 Å². The molecule has 1 rings (SSSR count). The van der Waals surface area contributed by atoms with Gasteiger partial charge in [0.15, 0.2) is 0 Å². The number of unbranched alkanes of at least 4 members (excludes halogenated alkanes) is 1. The predicted molar refractivity (Wildman–Crippen MR) is 64.9 cm³/mol. The van der Waals surface area contributed by atoms with Gasteiger partial charge in [0.25, 0.3) is 0 Å². The number of rotatable bonds is 6. The smallest absolute Gasteiger partial charge is 0.308 e. The number of ether oxygens (including phenoxy) is 1. The van der Waals surface area contributed by atoms with Crippen LogP contribution in [0.5, 0.6) is 0 Å². The van der Waals surface area contributed by atoms with Gasteiger partial charge in [0.1, 0.15) is 6.61 Å². The highest BCUT2D eigenvalue weighted by atomic mass is 16.5. The van der Waals surface area contributed by atoms with Gasteiger partial charge in [0.2, 0.25) is 0 Å². The second kappa shape index (κ2) is 7.04. The van der Waals surface area contributed by atoms with Crippen LogP contribution in [0.15, 0.2) is 30.3 Å². The lowest BCUT2D eigenvalue weighted by atomic mass is 10.1. The zero-order chi connectivity index (χ0) is 11.8. The average Bonchev–Trinajstić information content (AvgIpc) is 2.34. The van der Waals surface area contributed by atoms with Crippen molar-refractivity contribution in [2.45, 2.75) is 39.7 Å². The van der Waals surface area contributed by atoms with E-state index in [-0.39, 0.29) is 11.9 Å². The van der Waals surface area contributed by atoms with Gasteiger partial charge in [-0.2, -0.15) is 0 Å². The number of carbonyl (C=O) groups excluding carboxylic acids is 1. The van der Waals surface area contributed by atoms with Crippen LogP contribution in [0.3, 0.4) is 0 Å². The lowest BCUT2D eigenvalue weighted by Crippen LogP contribution is -2.14. The first kappa shape index (κ1) is 12.8. The predicted octanol–water partition coefficient (Wildman–Crippen LogP) is 3.56. The van der Waals surface area contributed by atoms with E-state index in [0.717, 1.165) is 24.8 Å². The van der Waals surface area contributed by atoms with Gasteiger partial charge in [-0.1, -0.05) is 57.0 Å². The Hall–Kier alpha value is -1.31. The fourth-order valence-corrected chi connectivity index (χ4v) is 1.50. The summed E-state index contributed by atoms with van der Waals surface area (Å²) in [6, 6.07) is 9.77. The van der Waals surface area contributed by atoms with E-state index < -0.39 is 0 Å². The largest absolute Gasteiger partial charge is 0.461 e. The minimum absolute atomic E-state index is 0.0173. The Bertz CT molecular complexity index is 306. The summed E-state index contributed by atoms with van der Waals surface area (Å²) in [5.74, 6) is -0.0686. The minimum Gasteiger partial charge on any atom is -0.461 e. The van der Waals surface area contributed by atoms with E-state index in [1.165, 1.54) is 0 Å². The highest BCUT2D eigenvalue weighted by Gasteiger charge is 2.13. The molecule has 0 aliphatic rings. The van der Waals surface area contributed by atoms with Crippen molar-refractivity contribution >= 4 is 5.97 Å². The van der Waals surface area contributed by atoms with E-state index in [2.05, 4.69) is 6.92 Å². The molecule has 0 N–H and O–H groups in total. The van der Waals surface area contributed by atoms with E-state index >= 15 is 0 Å². The number of esters is 1. The van der Waals surface area contributed by atoms with Crippen molar-refractivity contribution in [2.75, 3.05) is 0 Å². The molecule has 1 aromatic carbocycles. The van der Waals surface area contributed by atoms with Crippen LogP contribution in [0.25, 0.3) is 0 Å².